The van der Waals surface area contributed by atoms with Crippen LogP contribution in [0.5, 0.6) is 0 Å². The third-order valence-electron chi connectivity index (χ3n) is 4.99. The van der Waals surface area contributed by atoms with Crippen LogP contribution in [0.1, 0.15) is 24.1 Å². The van der Waals surface area contributed by atoms with Gasteiger partial charge in [0.2, 0.25) is 11.8 Å². The number of aromatic nitrogens is 1. The Morgan fingerprint density at radius 1 is 1.00 bits per heavy atom. The summed E-state index contributed by atoms with van der Waals surface area (Å²) in [5, 5.41) is 6.71. The van der Waals surface area contributed by atoms with E-state index in [2.05, 4.69) is 10.5 Å². The Labute approximate surface area is 171 Å². The fourth-order valence-corrected chi connectivity index (χ4v) is 3.41. The van der Waals surface area contributed by atoms with E-state index < -0.39 is 0 Å². The third kappa shape index (κ3) is 4.37. The lowest BCUT2D eigenvalue weighted by Gasteiger charge is -2.26. The Kier molecular flexibility index (Phi) is 5.56. The van der Waals surface area contributed by atoms with E-state index in [1.165, 1.54) is 36.4 Å². The first-order valence-corrected chi connectivity index (χ1v) is 9.56. The predicted octanol–water partition coefficient (Wildman–Crippen LogP) is 3.92. The predicted molar refractivity (Wildman–Crippen MR) is 105 cm³/mol. The van der Waals surface area contributed by atoms with Crippen molar-refractivity contribution in [1.82, 2.24) is 10.1 Å². The van der Waals surface area contributed by atoms with Gasteiger partial charge < -0.3 is 14.7 Å². The molecule has 0 bridgehead atoms. The number of benzene rings is 2. The number of nitrogens with zero attached hydrogens (tertiary/aromatic N) is 2. The van der Waals surface area contributed by atoms with Gasteiger partial charge in [-0.2, -0.15) is 0 Å². The normalized spacial score (nSPS) is 13.1. The highest BCUT2D eigenvalue weighted by atomic mass is 19.1. The number of nitrogens with one attached hydrogen (secondary N) is 1. The van der Waals surface area contributed by atoms with Gasteiger partial charge in [0.25, 0.3) is 0 Å². The first-order valence-electron chi connectivity index (χ1n) is 9.56. The molecular weight excluding hydrogens is 392 g/mol. The SMILES string of the molecule is O=C(CCC(=O)N1CCc2c(noc2-c2ccc(F)cc2)C1)Nc1ccc(F)cc1. The van der Waals surface area contributed by atoms with Crippen molar-refractivity contribution in [2.75, 3.05) is 11.9 Å². The van der Waals surface area contributed by atoms with Crippen LogP contribution >= 0.6 is 0 Å². The number of carbonyl (C=O) groups is 2. The molecule has 0 spiro atoms. The minimum atomic E-state index is -0.386. The Hall–Kier alpha value is -3.55. The fourth-order valence-electron chi connectivity index (χ4n) is 3.41. The lowest BCUT2D eigenvalue weighted by Crippen LogP contribution is -2.36. The topological polar surface area (TPSA) is 75.4 Å². The van der Waals surface area contributed by atoms with E-state index in [-0.39, 0.29) is 36.3 Å². The molecule has 1 N–H and O–H groups in total. The Morgan fingerprint density at radius 2 is 1.67 bits per heavy atom. The zero-order valence-corrected chi connectivity index (χ0v) is 16.0. The van der Waals surface area contributed by atoms with E-state index in [4.69, 9.17) is 4.52 Å². The van der Waals surface area contributed by atoms with Crippen molar-refractivity contribution >= 4 is 17.5 Å². The summed E-state index contributed by atoms with van der Waals surface area (Å²) in [6.07, 6.45) is 0.656. The van der Waals surface area contributed by atoms with Crippen LogP contribution in [0.15, 0.2) is 53.1 Å². The molecule has 1 aliphatic rings. The summed E-state index contributed by atoms with van der Waals surface area (Å²) < 4.78 is 31.5. The molecule has 0 saturated heterocycles. The van der Waals surface area contributed by atoms with Crippen molar-refractivity contribution < 1.29 is 22.9 Å². The van der Waals surface area contributed by atoms with E-state index in [9.17, 15) is 18.4 Å². The number of rotatable bonds is 5. The molecule has 0 aliphatic carbocycles. The van der Waals surface area contributed by atoms with Crippen LogP contribution in [0.4, 0.5) is 14.5 Å². The van der Waals surface area contributed by atoms with Crippen molar-refractivity contribution in [1.29, 1.82) is 0 Å². The van der Waals surface area contributed by atoms with E-state index in [1.54, 1.807) is 17.0 Å². The van der Waals surface area contributed by atoms with Crippen LogP contribution in [0, 0.1) is 11.6 Å². The quantitative estimate of drug-likeness (QED) is 0.691. The maximum atomic E-state index is 13.1. The van der Waals surface area contributed by atoms with E-state index >= 15 is 0 Å². The van der Waals surface area contributed by atoms with Gasteiger partial charge in [0.05, 0.1) is 6.54 Å². The van der Waals surface area contributed by atoms with E-state index in [0.29, 0.717) is 36.7 Å². The number of carbonyl (C=O) groups excluding carboxylic acids is 2. The van der Waals surface area contributed by atoms with Crippen molar-refractivity contribution in [3.8, 4) is 11.3 Å². The summed E-state index contributed by atoms with van der Waals surface area (Å²) in [6.45, 7) is 0.791. The number of fused-ring (bicyclic) bond motifs is 1. The molecule has 1 aliphatic heterocycles. The van der Waals surface area contributed by atoms with E-state index in [0.717, 1.165) is 11.1 Å². The first kappa shape index (κ1) is 19.8. The molecule has 2 amide bonds. The highest BCUT2D eigenvalue weighted by Crippen LogP contribution is 2.30. The van der Waals surface area contributed by atoms with Crippen molar-refractivity contribution in [3.05, 3.63) is 71.4 Å². The smallest absolute Gasteiger partial charge is 0.224 e. The van der Waals surface area contributed by atoms with Gasteiger partial charge >= 0.3 is 0 Å². The van der Waals surface area contributed by atoms with Crippen LogP contribution < -0.4 is 5.32 Å². The van der Waals surface area contributed by atoms with E-state index in [1.807, 2.05) is 0 Å². The molecule has 4 rings (SSSR count). The third-order valence-corrected chi connectivity index (χ3v) is 4.99. The molecule has 154 valence electrons. The molecule has 0 saturated carbocycles. The minimum absolute atomic E-state index is 0.0270. The zero-order chi connectivity index (χ0) is 21.1. The summed E-state index contributed by atoms with van der Waals surface area (Å²) in [7, 11) is 0. The Balaban J connectivity index is 1.33. The lowest BCUT2D eigenvalue weighted by atomic mass is 10.0. The van der Waals surface area contributed by atoms with Crippen molar-refractivity contribution in [3.63, 3.8) is 0 Å². The summed E-state index contributed by atoms with van der Waals surface area (Å²) >= 11 is 0. The van der Waals surface area contributed by atoms with Gasteiger partial charge in [0.1, 0.15) is 17.3 Å². The Bertz CT molecular complexity index is 1060. The monoisotopic (exact) mass is 411 g/mol. The highest BCUT2D eigenvalue weighted by Gasteiger charge is 2.27. The second-order valence-corrected chi connectivity index (χ2v) is 7.06. The molecule has 0 radical (unpaired) electrons. The van der Waals surface area contributed by atoms with Gasteiger partial charge in [0, 0.05) is 36.2 Å². The van der Waals surface area contributed by atoms with Gasteiger partial charge in [-0.1, -0.05) is 5.16 Å². The van der Waals surface area contributed by atoms with Crippen LogP contribution in [0.2, 0.25) is 0 Å². The van der Waals surface area contributed by atoms with Crippen LogP contribution in [-0.4, -0.2) is 28.4 Å². The molecule has 1 aromatic heterocycles. The summed E-state index contributed by atoms with van der Waals surface area (Å²) in [5.74, 6) is -0.583. The molecule has 6 nitrogen and oxygen atoms in total. The van der Waals surface area contributed by atoms with Gasteiger partial charge in [-0.15, -0.1) is 0 Å². The number of hydrogen-bond donors (Lipinski definition) is 1. The molecule has 30 heavy (non-hydrogen) atoms. The first-order chi connectivity index (χ1) is 14.5. The van der Waals surface area contributed by atoms with Crippen LogP contribution in [0.25, 0.3) is 11.3 Å². The number of hydrogen-bond acceptors (Lipinski definition) is 4. The van der Waals surface area contributed by atoms with Crippen LogP contribution in [-0.2, 0) is 22.6 Å². The molecule has 0 atom stereocenters. The molecule has 3 aromatic rings. The van der Waals surface area contributed by atoms with Gasteiger partial charge in [0.15, 0.2) is 5.76 Å². The number of halogens is 2. The number of anilines is 1. The van der Waals surface area contributed by atoms with Crippen molar-refractivity contribution in [2.24, 2.45) is 0 Å². The maximum absolute atomic E-state index is 13.1. The largest absolute Gasteiger partial charge is 0.356 e. The van der Waals surface area contributed by atoms with Gasteiger partial charge in [-0.05, 0) is 55.0 Å². The molecule has 8 heteroatoms. The minimum Gasteiger partial charge on any atom is -0.356 e. The zero-order valence-electron chi connectivity index (χ0n) is 16.0. The van der Waals surface area contributed by atoms with Crippen LogP contribution in [0.3, 0.4) is 0 Å². The molecular formula is C22H19F2N3O3. The molecule has 2 heterocycles. The molecule has 0 fully saturated rings. The highest BCUT2D eigenvalue weighted by molar-refractivity contribution is 5.93. The second kappa shape index (κ2) is 8.44. The standard InChI is InChI=1S/C22H19F2N3O3/c23-15-3-1-14(2-4-15)22-18-11-12-27(13-19(18)26-30-22)21(29)10-9-20(28)25-17-7-5-16(24)6-8-17/h1-8H,9-13H2,(H,25,28). The Morgan fingerprint density at radius 3 is 2.37 bits per heavy atom. The average Bonchev–Trinajstić information content (AvgIpc) is 3.17. The van der Waals surface area contributed by atoms with Gasteiger partial charge in [-0.3, -0.25) is 9.59 Å². The second-order valence-electron chi connectivity index (χ2n) is 7.06. The summed E-state index contributed by atoms with van der Waals surface area (Å²) in [4.78, 5) is 26.2. The maximum Gasteiger partial charge on any atom is 0.224 e. The summed E-state index contributed by atoms with van der Waals surface area (Å²) in [6, 6.07) is 11.4. The lowest BCUT2D eigenvalue weighted by molar-refractivity contribution is -0.133. The molecule has 0 unspecified atom stereocenters. The average molecular weight is 411 g/mol. The fraction of sp³-hybridized carbons (Fsp3) is 0.227. The van der Waals surface area contributed by atoms with Crippen molar-refractivity contribution in [2.45, 2.75) is 25.8 Å². The summed E-state index contributed by atoms with van der Waals surface area (Å²) in [5.41, 5.74) is 2.80. The number of amides is 2. The van der Waals surface area contributed by atoms with Gasteiger partial charge in [-0.25, -0.2) is 8.78 Å². The molecule has 2 aromatic carbocycles.